The lowest BCUT2D eigenvalue weighted by atomic mass is 10.1. The van der Waals surface area contributed by atoms with Gasteiger partial charge in [0.2, 0.25) is 5.91 Å². The second kappa shape index (κ2) is 6.44. The van der Waals surface area contributed by atoms with Crippen LogP contribution in [0.4, 0.5) is 0 Å². The van der Waals surface area contributed by atoms with Crippen molar-refractivity contribution in [3.63, 3.8) is 0 Å². The summed E-state index contributed by atoms with van der Waals surface area (Å²) in [5, 5.41) is 11.3. The Morgan fingerprint density at radius 2 is 1.84 bits per heavy atom. The quantitative estimate of drug-likeness (QED) is 0.783. The van der Waals surface area contributed by atoms with Gasteiger partial charge in [0.25, 0.3) is 0 Å². The molecule has 0 saturated heterocycles. The van der Waals surface area contributed by atoms with Gasteiger partial charge in [-0.05, 0) is 18.2 Å². The number of methoxy groups -OCH3 is 2. The number of amides is 1. The maximum absolute atomic E-state index is 11.1. The minimum Gasteiger partial charge on any atom is -0.493 e. The lowest BCUT2D eigenvalue weighted by molar-refractivity contribution is -0.131. The number of hydrogen-bond acceptors (Lipinski definition) is 4. The molecule has 0 spiro atoms. The average molecular weight is 265 g/mol. The third kappa shape index (κ3) is 4.02. The van der Waals surface area contributed by atoms with Gasteiger partial charge in [-0.15, -0.1) is 0 Å². The van der Waals surface area contributed by atoms with Gasteiger partial charge in [-0.1, -0.05) is 0 Å². The molecule has 0 aliphatic carbocycles. The molecule has 0 aliphatic rings. The van der Waals surface area contributed by atoms with Crippen molar-refractivity contribution in [1.29, 1.82) is 0 Å². The van der Waals surface area contributed by atoms with Crippen LogP contribution in [0.25, 0.3) is 5.70 Å². The van der Waals surface area contributed by atoms with Crippen molar-refractivity contribution in [2.24, 2.45) is 0 Å². The summed E-state index contributed by atoms with van der Waals surface area (Å²) in [5.74, 6) is -0.550. The van der Waals surface area contributed by atoms with Crippen molar-refractivity contribution >= 4 is 17.6 Å². The van der Waals surface area contributed by atoms with Crippen LogP contribution in [0.3, 0.4) is 0 Å². The summed E-state index contributed by atoms with van der Waals surface area (Å²) in [4.78, 5) is 21.8. The number of benzene rings is 1. The van der Waals surface area contributed by atoms with Gasteiger partial charge in [-0.25, -0.2) is 4.79 Å². The van der Waals surface area contributed by atoms with E-state index in [1.54, 1.807) is 18.2 Å². The lowest BCUT2D eigenvalue weighted by Gasteiger charge is -2.12. The van der Waals surface area contributed by atoms with Crippen molar-refractivity contribution in [1.82, 2.24) is 5.32 Å². The first kappa shape index (κ1) is 14.6. The van der Waals surface area contributed by atoms with E-state index >= 15 is 0 Å². The number of carbonyl (C=O) groups is 2. The van der Waals surface area contributed by atoms with Crippen LogP contribution >= 0.6 is 0 Å². The molecule has 0 atom stereocenters. The first-order valence-electron chi connectivity index (χ1n) is 5.42. The molecule has 2 N–H and O–H groups in total. The molecular weight excluding hydrogens is 250 g/mol. The third-order valence-electron chi connectivity index (χ3n) is 2.27. The Balaban J connectivity index is 3.23. The first-order chi connectivity index (χ1) is 8.97. The van der Waals surface area contributed by atoms with Gasteiger partial charge < -0.3 is 19.9 Å². The zero-order valence-corrected chi connectivity index (χ0v) is 10.9. The number of hydrogen-bond donors (Lipinski definition) is 2. The highest BCUT2D eigenvalue weighted by Crippen LogP contribution is 2.29. The van der Waals surface area contributed by atoms with Crippen molar-refractivity contribution in [2.75, 3.05) is 14.2 Å². The Kier molecular flexibility index (Phi) is 4.93. The molecule has 102 valence electrons. The van der Waals surface area contributed by atoms with E-state index in [-0.39, 0.29) is 11.6 Å². The summed E-state index contributed by atoms with van der Waals surface area (Å²) in [6.45, 7) is 1.30. The van der Waals surface area contributed by atoms with Crippen LogP contribution in [-0.2, 0) is 9.59 Å². The smallest absolute Gasteiger partial charge is 0.330 e. The van der Waals surface area contributed by atoms with Gasteiger partial charge in [0.15, 0.2) is 11.5 Å². The predicted molar refractivity (Wildman–Crippen MR) is 69.0 cm³/mol. The van der Waals surface area contributed by atoms with E-state index < -0.39 is 5.97 Å². The molecule has 0 heterocycles. The number of carboxylic acid groups (broad SMARTS) is 1. The Hall–Kier alpha value is -2.50. The van der Waals surface area contributed by atoms with Gasteiger partial charge in [0.1, 0.15) is 0 Å². The molecule has 0 fully saturated rings. The monoisotopic (exact) mass is 265 g/mol. The van der Waals surface area contributed by atoms with Gasteiger partial charge in [-0.2, -0.15) is 0 Å². The van der Waals surface area contributed by atoms with E-state index in [9.17, 15) is 9.59 Å². The predicted octanol–water partition coefficient (Wildman–Crippen LogP) is 1.27. The van der Waals surface area contributed by atoms with Gasteiger partial charge in [-0.3, -0.25) is 4.79 Å². The van der Waals surface area contributed by atoms with Gasteiger partial charge in [0, 0.05) is 18.6 Å². The summed E-state index contributed by atoms with van der Waals surface area (Å²) >= 11 is 0. The summed E-state index contributed by atoms with van der Waals surface area (Å²) < 4.78 is 10.2. The van der Waals surface area contributed by atoms with Crippen LogP contribution < -0.4 is 14.8 Å². The van der Waals surface area contributed by atoms with Crippen LogP contribution in [-0.4, -0.2) is 31.2 Å². The highest BCUT2D eigenvalue weighted by Gasteiger charge is 2.10. The standard InChI is InChI=1S/C13H15NO5/c1-8(15)14-10(7-13(16)17)9-4-5-11(18-2)12(6-9)19-3/h4-7H,1-3H3,(H,14,15)(H,16,17). The largest absolute Gasteiger partial charge is 0.493 e. The average Bonchev–Trinajstić information content (AvgIpc) is 2.36. The molecule has 0 aromatic heterocycles. The zero-order valence-electron chi connectivity index (χ0n) is 10.9. The molecule has 0 aliphatic heterocycles. The fourth-order valence-corrected chi connectivity index (χ4v) is 1.51. The molecule has 0 radical (unpaired) electrons. The summed E-state index contributed by atoms with van der Waals surface area (Å²) in [5.41, 5.74) is 0.691. The van der Waals surface area contributed by atoms with Crippen molar-refractivity contribution in [3.8, 4) is 11.5 Å². The molecule has 0 saturated carbocycles. The highest BCUT2D eigenvalue weighted by molar-refractivity contribution is 5.94. The Morgan fingerprint density at radius 3 is 2.32 bits per heavy atom. The first-order valence-corrected chi connectivity index (χ1v) is 5.42. The Bertz CT molecular complexity index is 522. The number of carboxylic acids is 1. The minimum absolute atomic E-state index is 0.181. The molecule has 0 bridgehead atoms. The van der Waals surface area contributed by atoms with Crippen molar-refractivity contribution in [2.45, 2.75) is 6.92 Å². The molecule has 6 nitrogen and oxygen atoms in total. The molecule has 1 aromatic carbocycles. The van der Waals surface area contributed by atoms with E-state index in [0.717, 1.165) is 6.08 Å². The van der Waals surface area contributed by atoms with Crippen LogP contribution in [0.2, 0.25) is 0 Å². The summed E-state index contributed by atoms with van der Waals surface area (Å²) in [7, 11) is 2.97. The second-order valence-electron chi connectivity index (χ2n) is 3.65. The molecule has 1 amide bonds. The maximum atomic E-state index is 11.1. The number of carbonyl (C=O) groups excluding carboxylic acids is 1. The second-order valence-corrected chi connectivity index (χ2v) is 3.65. The van der Waals surface area contributed by atoms with Gasteiger partial charge in [0.05, 0.1) is 19.9 Å². The van der Waals surface area contributed by atoms with E-state index in [0.29, 0.717) is 17.1 Å². The fraction of sp³-hybridized carbons (Fsp3) is 0.231. The van der Waals surface area contributed by atoms with Crippen LogP contribution in [0.1, 0.15) is 12.5 Å². The van der Waals surface area contributed by atoms with Gasteiger partial charge >= 0.3 is 5.97 Å². The molecule has 19 heavy (non-hydrogen) atoms. The van der Waals surface area contributed by atoms with E-state index in [1.165, 1.54) is 21.1 Å². The number of ether oxygens (including phenoxy) is 2. The summed E-state index contributed by atoms with van der Waals surface area (Å²) in [6.07, 6.45) is 0.919. The molecule has 6 heteroatoms. The topological polar surface area (TPSA) is 84.9 Å². The molecule has 0 unspecified atom stereocenters. The van der Waals surface area contributed by atoms with Crippen LogP contribution in [0.5, 0.6) is 11.5 Å². The van der Waals surface area contributed by atoms with Crippen LogP contribution in [0, 0.1) is 0 Å². The zero-order chi connectivity index (χ0) is 14.4. The lowest BCUT2D eigenvalue weighted by Crippen LogP contribution is -2.19. The molecule has 1 rings (SSSR count). The maximum Gasteiger partial charge on any atom is 0.330 e. The Labute approximate surface area is 110 Å². The van der Waals surface area contributed by atoms with Crippen molar-refractivity contribution in [3.05, 3.63) is 29.8 Å². The number of nitrogens with one attached hydrogen (secondary N) is 1. The van der Waals surface area contributed by atoms with E-state index in [4.69, 9.17) is 14.6 Å². The summed E-state index contributed by atoms with van der Waals surface area (Å²) in [6, 6.07) is 4.85. The van der Waals surface area contributed by atoms with Crippen LogP contribution in [0.15, 0.2) is 24.3 Å². The SMILES string of the molecule is COc1ccc(C(=CC(=O)O)NC(C)=O)cc1OC. The molecular formula is C13H15NO5. The Morgan fingerprint density at radius 1 is 1.21 bits per heavy atom. The highest BCUT2D eigenvalue weighted by atomic mass is 16.5. The van der Waals surface area contributed by atoms with E-state index in [1.807, 2.05) is 0 Å². The normalized spacial score (nSPS) is 10.8. The third-order valence-corrected chi connectivity index (χ3v) is 2.27. The number of rotatable bonds is 5. The van der Waals surface area contributed by atoms with E-state index in [2.05, 4.69) is 5.32 Å². The van der Waals surface area contributed by atoms with Crippen molar-refractivity contribution < 1.29 is 24.2 Å². The molecule has 1 aromatic rings. The number of aliphatic carboxylic acids is 1. The fourth-order valence-electron chi connectivity index (χ4n) is 1.51. The minimum atomic E-state index is -1.15.